The summed E-state index contributed by atoms with van der Waals surface area (Å²) < 4.78 is 16.6. The molecule has 0 saturated carbocycles. The van der Waals surface area contributed by atoms with Gasteiger partial charge in [0.2, 0.25) is 0 Å². The highest BCUT2D eigenvalue weighted by molar-refractivity contribution is 5.93. The molecule has 1 aromatic heterocycles. The Morgan fingerprint density at radius 1 is 1.03 bits per heavy atom. The Labute approximate surface area is 172 Å². The minimum atomic E-state index is -0.930. The molecule has 29 heavy (non-hydrogen) atoms. The average Bonchev–Trinajstić information content (AvgIpc) is 2.72. The molecule has 0 aliphatic carbocycles. The number of ether oxygens (including phenoxy) is 3. The van der Waals surface area contributed by atoms with Gasteiger partial charge in [0, 0.05) is 34.7 Å². The van der Waals surface area contributed by atoms with Gasteiger partial charge in [-0.1, -0.05) is 6.07 Å². The highest BCUT2D eigenvalue weighted by Crippen LogP contribution is 2.44. The van der Waals surface area contributed by atoms with Crippen LogP contribution in [0.2, 0.25) is 0 Å². The number of carboxylic acids is 1. The molecule has 0 radical (unpaired) electrons. The van der Waals surface area contributed by atoms with Crippen LogP contribution in [-0.2, 0) is 11.2 Å². The smallest absolute Gasteiger partial charge is 0.331 e. The van der Waals surface area contributed by atoms with Gasteiger partial charge in [-0.2, -0.15) is 0 Å². The molecular formula is C23H29NO5. The fraction of sp³-hybridized carbons (Fsp3) is 0.391. The monoisotopic (exact) mass is 399 g/mol. The van der Waals surface area contributed by atoms with Crippen molar-refractivity contribution in [2.75, 3.05) is 21.3 Å². The van der Waals surface area contributed by atoms with Crippen LogP contribution in [0.15, 0.2) is 30.1 Å². The molecule has 156 valence electrons. The van der Waals surface area contributed by atoms with E-state index < -0.39 is 5.97 Å². The molecule has 0 spiro atoms. The number of aryl methyl sites for hydroxylation is 1. The van der Waals surface area contributed by atoms with Crippen LogP contribution in [-0.4, -0.2) is 37.4 Å². The first-order valence-electron chi connectivity index (χ1n) is 9.56. The summed E-state index contributed by atoms with van der Waals surface area (Å²) in [6.45, 7) is 3.74. The van der Waals surface area contributed by atoms with E-state index >= 15 is 0 Å². The number of aliphatic carboxylic acids is 1. The number of pyridine rings is 1. The number of benzene rings is 1. The molecule has 0 aliphatic rings. The second kappa shape index (κ2) is 10.5. The minimum Gasteiger partial charge on any atom is -0.496 e. The maximum Gasteiger partial charge on any atom is 0.331 e. The van der Waals surface area contributed by atoms with Gasteiger partial charge < -0.3 is 19.3 Å². The predicted octanol–water partition coefficient (Wildman–Crippen LogP) is 4.61. The molecule has 1 heterocycles. The van der Waals surface area contributed by atoms with Gasteiger partial charge >= 0.3 is 5.97 Å². The van der Waals surface area contributed by atoms with Crippen molar-refractivity contribution in [1.29, 1.82) is 0 Å². The number of hydrogen-bond donors (Lipinski definition) is 1. The largest absolute Gasteiger partial charge is 0.496 e. The lowest BCUT2D eigenvalue weighted by Gasteiger charge is -2.20. The van der Waals surface area contributed by atoms with Crippen LogP contribution in [0.25, 0.3) is 6.08 Å². The molecule has 0 aliphatic heterocycles. The van der Waals surface area contributed by atoms with Crippen LogP contribution in [0.5, 0.6) is 17.2 Å². The Bertz CT molecular complexity index is 875. The van der Waals surface area contributed by atoms with Crippen LogP contribution in [0.1, 0.15) is 41.5 Å². The van der Waals surface area contributed by atoms with Gasteiger partial charge in [-0.25, -0.2) is 4.79 Å². The number of methoxy groups -OCH3 is 3. The highest BCUT2D eigenvalue weighted by atomic mass is 16.5. The summed E-state index contributed by atoms with van der Waals surface area (Å²) in [7, 11) is 4.71. The average molecular weight is 399 g/mol. The maximum atomic E-state index is 11.9. The van der Waals surface area contributed by atoms with Crippen molar-refractivity contribution in [3.8, 4) is 17.2 Å². The zero-order valence-corrected chi connectivity index (χ0v) is 17.7. The third-order valence-corrected chi connectivity index (χ3v) is 4.97. The molecule has 0 fully saturated rings. The van der Waals surface area contributed by atoms with Crippen molar-refractivity contribution in [2.24, 2.45) is 0 Å². The number of carboxylic acid groups (broad SMARTS) is 1. The van der Waals surface area contributed by atoms with Crippen LogP contribution in [0.4, 0.5) is 0 Å². The number of hydrogen-bond acceptors (Lipinski definition) is 5. The molecule has 1 aromatic carbocycles. The molecule has 0 unspecified atom stereocenters. The molecule has 6 nitrogen and oxygen atoms in total. The van der Waals surface area contributed by atoms with Gasteiger partial charge in [-0.3, -0.25) is 4.98 Å². The van der Waals surface area contributed by atoms with Gasteiger partial charge in [0.25, 0.3) is 0 Å². The normalized spacial score (nSPS) is 11.3. The Morgan fingerprint density at radius 2 is 1.69 bits per heavy atom. The first-order chi connectivity index (χ1) is 13.9. The van der Waals surface area contributed by atoms with Crippen LogP contribution in [0.3, 0.4) is 0 Å². The third kappa shape index (κ3) is 5.28. The Morgan fingerprint density at radius 3 is 2.24 bits per heavy atom. The molecule has 1 N–H and O–H groups in total. The number of unbranched alkanes of at least 4 members (excludes halogenated alkanes) is 1. The van der Waals surface area contributed by atoms with Crippen LogP contribution >= 0.6 is 0 Å². The van der Waals surface area contributed by atoms with Crippen molar-refractivity contribution >= 4 is 12.0 Å². The molecule has 0 atom stereocenters. The molecule has 0 amide bonds. The van der Waals surface area contributed by atoms with E-state index in [9.17, 15) is 9.90 Å². The molecule has 6 heteroatoms. The standard InChI is InChI=1S/C23H29NO5/c1-15-19(20(27-3)16(2)22(29-5)21(15)28-4)13-18(23(25)26)11-7-6-9-17-10-8-12-24-14-17/h8,10,12-14H,6-7,9,11H2,1-5H3,(H,25,26). The van der Waals surface area contributed by atoms with E-state index in [2.05, 4.69) is 4.98 Å². The summed E-state index contributed by atoms with van der Waals surface area (Å²) in [4.78, 5) is 16.0. The summed E-state index contributed by atoms with van der Waals surface area (Å²) in [5, 5.41) is 9.73. The number of aromatic nitrogens is 1. The fourth-order valence-corrected chi connectivity index (χ4v) is 3.47. The highest BCUT2D eigenvalue weighted by Gasteiger charge is 2.22. The summed E-state index contributed by atoms with van der Waals surface area (Å²) in [6, 6.07) is 3.94. The summed E-state index contributed by atoms with van der Waals surface area (Å²) in [5.41, 5.74) is 3.74. The summed E-state index contributed by atoms with van der Waals surface area (Å²) >= 11 is 0. The van der Waals surface area contributed by atoms with Gasteiger partial charge in [0.1, 0.15) is 5.75 Å². The lowest BCUT2D eigenvalue weighted by atomic mass is 9.96. The van der Waals surface area contributed by atoms with Crippen LogP contribution in [0, 0.1) is 13.8 Å². The number of nitrogens with zero attached hydrogens (tertiary/aromatic N) is 1. The quantitative estimate of drug-likeness (QED) is 0.464. The lowest BCUT2D eigenvalue weighted by molar-refractivity contribution is -0.132. The maximum absolute atomic E-state index is 11.9. The van der Waals surface area contributed by atoms with E-state index in [-0.39, 0.29) is 0 Å². The van der Waals surface area contributed by atoms with Crippen molar-refractivity contribution in [3.63, 3.8) is 0 Å². The van der Waals surface area contributed by atoms with Gasteiger partial charge in [0.15, 0.2) is 11.5 Å². The van der Waals surface area contributed by atoms with E-state index in [1.807, 2.05) is 32.2 Å². The second-order valence-electron chi connectivity index (χ2n) is 6.81. The lowest BCUT2D eigenvalue weighted by Crippen LogP contribution is -2.05. The van der Waals surface area contributed by atoms with Gasteiger partial charge in [-0.05, 0) is 57.2 Å². The van der Waals surface area contributed by atoms with Gasteiger partial charge in [0.05, 0.1) is 21.3 Å². The van der Waals surface area contributed by atoms with E-state index in [0.29, 0.717) is 34.8 Å². The first-order valence-corrected chi connectivity index (χ1v) is 9.56. The Hall–Kier alpha value is -3.02. The molecule has 2 rings (SSSR count). The number of carbonyl (C=O) groups is 1. The first kappa shape index (κ1) is 22.3. The van der Waals surface area contributed by atoms with Crippen molar-refractivity contribution < 1.29 is 24.1 Å². The zero-order chi connectivity index (χ0) is 21.4. The molecular weight excluding hydrogens is 370 g/mol. The SMILES string of the molecule is COc1c(C)c(OC)c(OC)c(C)c1C=C(CCCCc1cccnc1)C(=O)O. The Kier molecular flexibility index (Phi) is 8.07. The third-order valence-electron chi connectivity index (χ3n) is 4.97. The second-order valence-corrected chi connectivity index (χ2v) is 6.81. The van der Waals surface area contributed by atoms with E-state index in [1.54, 1.807) is 33.6 Å². The van der Waals surface area contributed by atoms with Crippen molar-refractivity contribution in [2.45, 2.75) is 39.5 Å². The zero-order valence-electron chi connectivity index (χ0n) is 17.7. The molecule has 0 saturated heterocycles. The topological polar surface area (TPSA) is 77.9 Å². The van der Waals surface area contributed by atoms with E-state index in [1.165, 1.54) is 0 Å². The Balaban J connectivity index is 2.29. The van der Waals surface area contributed by atoms with Crippen molar-refractivity contribution in [3.05, 3.63) is 52.4 Å². The summed E-state index contributed by atoms with van der Waals surface area (Å²) in [6.07, 6.45) is 8.27. The van der Waals surface area contributed by atoms with Crippen molar-refractivity contribution in [1.82, 2.24) is 4.98 Å². The molecule has 0 bridgehead atoms. The predicted molar refractivity (Wildman–Crippen MR) is 113 cm³/mol. The van der Waals surface area contributed by atoms with Crippen LogP contribution < -0.4 is 14.2 Å². The fourth-order valence-electron chi connectivity index (χ4n) is 3.47. The minimum absolute atomic E-state index is 0.337. The van der Waals surface area contributed by atoms with Gasteiger partial charge in [-0.15, -0.1) is 0 Å². The summed E-state index contributed by atoms with van der Waals surface area (Å²) in [5.74, 6) is 0.834. The van der Waals surface area contributed by atoms with E-state index in [0.717, 1.165) is 36.0 Å². The molecule has 2 aromatic rings. The van der Waals surface area contributed by atoms with E-state index in [4.69, 9.17) is 14.2 Å². The number of rotatable bonds is 10.